The first-order valence-electron chi connectivity index (χ1n) is 6.07. The summed E-state index contributed by atoms with van der Waals surface area (Å²) in [6.07, 6.45) is 0. The van der Waals surface area contributed by atoms with Gasteiger partial charge in [0.15, 0.2) is 0 Å². The molecular formula is C14H11F2N3O3. The minimum Gasteiger partial charge on any atom is -0.508 e. The number of phenolic OH excluding ortho intramolecular Hbond substituents is 1. The van der Waals surface area contributed by atoms with E-state index in [-0.39, 0.29) is 17.0 Å². The number of amides is 3. The van der Waals surface area contributed by atoms with Crippen molar-refractivity contribution in [3.8, 4) is 5.75 Å². The summed E-state index contributed by atoms with van der Waals surface area (Å²) < 4.78 is 26.0. The number of halogens is 2. The predicted octanol–water partition coefficient (Wildman–Crippen LogP) is 2.14. The van der Waals surface area contributed by atoms with Crippen molar-refractivity contribution < 1.29 is 23.5 Å². The molecule has 3 amide bonds. The summed E-state index contributed by atoms with van der Waals surface area (Å²) in [5, 5.41) is 11.2. The molecule has 0 aliphatic rings. The monoisotopic (exact) mass is 307 g/mol. The molecule has 0 saturated heterocycles. The maximum absolute atomic E-state index is 13.3. The molecular weight excluding hydrogens is 296 g/mol. The number of anilines is 1. The lowest BCUT2D eigenvalue weighted by molar-refractivity contribution is 0.0938. The quantitative estimate of drug-likeness (QED) is 0.641. The van der Waals surface area contributed by atoms with Gasteiger partial charge in [0.2, 0.25) is 0 Å². The van der Waals surface area contributed by atoms with Crippen LogP contribution >= 0.6 is 0 Å². The van der Waals surface area contributed by atoms with Crippen LogP contribution in [0.5, 0.6) is 5.75 Å². The van der Waals surface area contributed by atoms with Crippen molar-refractivity contribution in [2.45, 2.75) is 0 Å². The highest BCUT2D eigenvalue weighted by atomic mass is 19.1. The van der Waals surface area contributed by atoms with Crippen molar-refractivity contribution in [2.75, 3.05) is 5.32 Å². The standard InChI is InChI=1S/C14H11F2N3O3/c15-9-3-6-12(11(16)7-9)17-14(22)19-18-13(21)8-1-4-10(20)5-2-8/h1-7,20H,(H,18,21)(H2,17,19,22). The van der Waals surface area contributed by atoms with Gasteiger partial charge in [-0.05, 0) is 36.4 Å². The van der Waals surface area contributed by atoms with Crippen molar-refractivity contribution in [3.05, 3.63) is 59.7 Å². The van der Waals surface area contributed by atoms with Gasteiger partial charge in [-0.1, -0.05) is 0 Å². The highest BCUT2D eigenvalue weighted by Gasteiger charge is 2.10. The van der Waals surface area contributed by atoms with Crippen LogP contribution in [-0.4, -0.2) is 17.0 Å². The fourth-order valence-corrected chi connectivity index (χ4v) is 1.54. The molecule has 4 N–H and O–H groups in total. The molecule has 114 valence electrons. The molecule has 2 rings (SSSR count). The first kappa shape index (κ1) is 15.2. The van der Waals surface area contributed by atoms with Gasteiger partial charge in [0.05, 0.1) is 5.69 Å². The Kier molecular flexibility index (Phi) is 4.52. The van der Waals surface area contributed by atoms with E-state index >= 15 is 0 Å². The smallest absolute Gasteiger partial charge is 0.338 e. The Morgan fingerprint density at radius 2 is 1.64 bits per heavy atom. The second kappa shape index (κ2) is 6.53. The van der Waals surface area contributed by atoms with Gasteiger partial charge in [0.1, 0.15) is 17.4 Å². The second-order valence-corrected chi connectivity index (χ2v) is 4.20. The number of hydrogen-bond acceptors (Lipinski definition) is 3. The number of hydrazine groups is 1. The number of urea groups is 1. The molecule has 0 radical (unpaired) electrons. The van der Waals surface area contributed by atoms with Gasteiger partial charge in [-0.3, -0.25) is 10.2 Å². The normalized spacial score (nSPS) is 9.91. The minimum absolute atomic E-state index is 0.00552. The lowest BCUT2D eigenvalue weighted by Crippen LogP contribution is -2.44. The van der Waals surface area contributed by atoms with Gasteiger partial charge in [0.25, 0.3) is 5.91 Å². The first-order valence-corrected chi connectivity index (χ1v) is 6.07. The summed E-state index contributed by atoms with van der Waals surface area (Å²) in [5.74, 6) is -2.35. The van der Waals surface area contributed by atoms with E-state index in [4.69, 9.17) is 5.11 Å². The number of hydrogen-bond donors (Lipinski definition) is 4. The zero-order valence-electron chi connectivity index (χ0n) is 11.1. The minimum atomic E-state index is -0.944. The van der Waals surface area contributed by atoms with Crippen LogP contribution in [-0.2, 0) is 0 Å². The number of rotatable bonds is 2. The molecule has 2 aromatic rings. The summed E-state index contributed by atoms with van der Waals surface area (Å²) in [6, 6.07) is 7.06. The zero-order chi connectivity index (χ0) is 16.1. The maximum atomic E-state index is 13.3. The van der Waals surface area contributed by atoms with Crippen LogP contribution in [0.15, 0.2) is 42.5 Å². The Morgan fingerprint density at radius 1 is 0.955 bits per heavy atom. The number of carbonyl (C=O) groups excluding carboxylic acids is 2. The highest BCUT2D eigenvalue weighted by molar-refractivity contribution is 5.97. The van der Waals surface area contributed by atoms with Crippen LogP contribution in [0.1, 0.15) is 10.4 Å². The van der Waals surface area contributed by atoms with E-state index in [1.807, 2.05) is 5.43 Å². The van der Waals surface area contributed by atoms with Gasteiger partial charge in [-0.15, -0.1) is 0 Å². The van der Waals surface area contributed by atoms with Crippen LogP contribution in [0.25, 0.3) is 0 Å². The Labute approximate surface area is 123 Å². The van der Waals surface area contributed by atoms with Crippen LogP contribution in [0.3, 0.4) is 0 Å². The van der Waals surface area contributed by atoms with E-state index in [2.05, 4.69) is 10.7 Å². The maximum Gasteiger partial charge on any atom is 0.338 e. The third kappa shape index (κ3) is 3.92. The van der Waals surface area contributed by atoms with Crippen LogP contribution in [0.2, 0.25) is 0 Å². The molecule has 0 fully saturated rings. The van der Waals surface area contributed by atoms with Crippen molar-refractivity contribution in [3.63, 3.8) is 0 Å². The van der Waals surface area contributed by atoms with Crippen LogP contribution in [0, 0.1) is 11.6 Å². The van der Waals surface area contributed by atoms with Crippen molar-refractivity contribution in [1.29, 1.82) is 0 Å². The molecule has 6 nitrogen and oxygen atoms in total. The summed E-state index contributed by atoms with van der Waals surface area (Å²) in [6.45, 7) is 0. The SMILES string of the molecule is O=C(NNC(=O)c1ccc(O)cc1)Nc1ccc(F)cc1F. The first-order chi connectivity index (χ1) is 10.5. The molecule has 2 aromatic carbocycles. The Balaban J connectivity index is 1.89. The molecule has 0 aromatic heterocycles. The molecule has 0 unspecified atom stereocenters. The molecule has 0 spiro atoms. The summed E-state index contributed by atoms with van der Waals surface area (Å²) in [5.41, 5.74) is 4.07. The number of nitrogens with one attached hydrogen (secondary N) is 3. The number of benzene rings is 2. The second-order valence-electron chi connectivity index (χ2n) is 4.20. The Morgan fingerprint density at radius 3 is 2.27 bits per heavy atom. The molecule has 0 aliphatic heterocycles. The van der Waals surface area contributed by atoms with Gasteiger partial charge in [-0.25, -0.2) is 19.0 Å². The molecule has 0 atom stereocenters. The van der Waals surface area contributed by atoms with E-state index in [0.717, 1.165) is 12.1 Å². The van der Waals surface area contributed by atoms with E-state index in [1.54, 1.807) is 0 Å². The Bertz CT molecular complexity index is 705. The Hall–Kier alpha value is -3.16. The fraction of sp³-hybridized carbons (Fsp3) is 0. The van der Waals surface area contributed by atoms with E-state index in [9.17, 15) is 18.4 Å². The molecule has 22 heavy (non-hydrogen) atoms. The van der Waals surface area contributed by atoms with E-state index in [1.165, 1.54) is 24.3 Å². The highest BCUT2D eigenvalue weighted by Crippen LogP contribution is 2.14. The largest absolute Gasteiger partial charge is 0.508 e. The number of carbonyl (C=O) groups is 2. The van der Waals surface area contributed by atoms with Crippen molar-refractivity contribution in [2.24, 2.45) is 0 Å². The summed E-state index contributed by atoms with van der Waals surface area (Å²) >= 11 is 0. The summed E-state index contributed by atoms with van der Waals surface area (Å²) in [7, 11) is 0. The van der Waals surface area contributed by atoms with Gasteiger partial charge in [0, 0.05) is 11.6 Å². The van der Waals surface area contributed by atoms with Gasteiger partial charge in [-0.2, -0.15) is 0 Å². The van der Waals surface area contributed by atoms with Crippen LogP contribution < -0.4 is 16.2 Å². The van der Waals surface area contributed by atoms with Crippen LogP contribution in [0.4, 0.5) is 19.3 Å². The van der Waals surface area contributed by atoms with Gasteiger partial charge < -0.3 is 10.4 Å². The van der Waals surface area contributed by atoms with Crippen molar-refractivity contribution >= 4 is 17.6 Å². The lowest BCUT2D eigenvalue weighted by Gasteiger charge is -2.09. The lowest BCUT2D eigenvalue weighted by atomic mass is 10.2. The average molecular weight is 307 g/mol. The number of aromatic hydroxyl groups is 1. The molecule has 0 heterocycles. The molecule has 0 aliphatic carbocycles. The molecule has 0 saturated carbocycles. The summed E-state index contributed by atoms with van der Waals surface area (Å²) in [4.78, 5) is 23.2. The fourth-order valence-electron chi connectivity index (χ4n) is 1.54. The van der Waals surface area contributed by atoms with Gasteiger partial charge >= 0.3 is 6.03 Å². The third-order valence-corrected chi connectivity index (χ3v) is 2.60. The van der Waals surface area contributed by atoms with E-state index in [0.29, 0.717) is 6.07 Å². The average Bonchev–Trinajstić information content (AvgIpc) is 2.48. The molecule has 0 bridgehead atoms. The molecule has 8 heteroatoms. The zero-order valence-corrected chi connectivity index (χ0v) is 11.1. The third-order valence-electron chi connectivity index (χ3n) is 2.60. The topological polar surface area (TPSA) is 90.5 Å². The van der Waals surface area contributed by atoms with Crippen molar-refractivity contribution in [1.82, 2.24) is 10.9 Å². The van der Waals surface area contributed by atoms with E-state index < -0.39 is 23.6 Å². The predicted molar refractivity (Wildman–Crippen MR) is 74.1 cm³/mol. The number of phenols is 1.